The van der Waals surface area contributed by atoms with Gasteiger partial charge in [-0.2, -0.15) is 0 Å². The van der Waals surface area contributed by atoms with Crippen molar-refractivity contribution in [2.45, 2.75) is 298 Å². The molecule has 0 saturated heterocycles. The molecule has 0 aliphatic carbocycles. The Hall–Kier alpha value is -1.14. The summed E-state index contributed by atoms with van der Waals surface area (Å²) in [6, 6.07) is 0. The zero-order valence-corrected chi connectivity index (χ0v) is 43.3. The lowest BCUT2D eigenvalue weighted by molar-refractivity contribution is -0.146. The maximum Gasteiger partial charge on any atom is 0.305 e. The fourth-order valence-electron chi connectivity index (χ4n) is 8.33. The van der Waals surface area contributed by atoms with Crippen molar-refractivity contribution < 1.29 is 19.1 Å². The first-order valence-corrected chi connectivity index (χ1v) is 28.2. The third kappa shape index (κ3) is 53.2. The van der Waals surface area contributed by atoms with E-state index in [9.17, 15) is 9.59 Å². The number of nitrogens with one attached hydrogen (secondary N) is 2. The van der Waals surface area contributed by atoms with Crippen LogP contribution < -0.4 is 10.6 Å². The first-order valence-electron chi connectivity index (χ1n) is 28.2. The lowest BCUT2D eigenvalue weighted by Crippen LogP contribution is -2.17. The molecule has 0 aromatic carbocycles. The molecule has 0 aromatic rings. The summed E-state index contributed by atoms with van der Waals surface area (Å²) in [4.78, 5) is 24.3. The molecule has 2 atom stereocenters. The predicted octanol–water partition coefficient (Wildman–Crippen LogP) is 17.2. The Kier molecular flexibility index (Phi) is 56.8. The average Bonchev–Trinajstić information content (AvgIpc) is 3.28. The molecule has 0 radical (unpaired) electrons. The van der Waals surface area contributed by atoms with Crippen LogP contribution in [0, 0.1) is 11.8 Å². The topological polar surface area (TPSA) is 76.7 Å². The number of ether oxygens (including phenoxy) is 2. The van der Waals surface area contributed by atoms with E-state index >= 15 is 0 Å². The molecule has 6 heteroatoms. The molecule has 62 heavy (non-hydrogen) atoms. The van der Waals surface area contributed by atoms with Crippen LogP contribution in [0.1, 0.15) is 298 Å². The Labute approximate surface area is 389 Å². The molecule has 2 N–H and O–H groups in total. The van der Waals surface area contributed by atoms with Gasteiger partial charge in [0.05, 0.1) is 13.2 Å². The summed E-state index contributed by atoms with van der Waals surface area (Å²) < 4.78 is 11.4. The van der Waals surface area contributed by atoms with Crippen molar-refractivity contribution in [3.8, 4) is 0 Å². The van der Waals surface area contributed by atoms with Crippen molar-refractivity contribution in [3.63, 3.8) is 0 Å². The van der Waals surface area contributed by atoms with Crippen molar-refractivity contribution in [1.29, 1.82) is 0 Å². The van der Waals surface area contributed by atoms with Gasteiger partial charge in [0.1, 0.15) is 0 Å². The number of unbranched alkanes of at least 4 members (excludes halogenated alkanes) is 26. The molecule has 2 unspecified atom stereocenters. The maximum atomic E-state index is 12.2. The van der Waals surface area contributed by atoms with E-state index in [1.807, 2.05) is 0 Å². The maximum absolute atomic E-state index is 12.2. The zero-order valence-electron chi connectivity index (χ0n) is 43.3. The molecule has 0 saturated carbocycles. The molecule has 0 aliphatic rings. The molecule has 0 aliphatic heterocycles. The van der Waals surface area contributed by atoms with Crippen molar-refractivity contribution in [2.24, 2.45) is 11.8 Å². The minimum Gasteiger partial charge on any atom is -0.465 e. The lowest BCUT2D eigenvalue weighted by atomic mass is 9.95. The van der Waals surface area contributed by atoms with Gasteiger partial charge < -0.3 is 20.1 Å². The van der Waals surface area contributed by atoms with Gasteiger partial charge in [-0.3, -0.25) is 9.59 Å². The SMILES string of the molecule is CCCCCCCCC(CCCCCC)COC(=O)CCCCCNCCCCCC.CCCCCCCCC(CCCCCC)COC(=O)CCCCCNCCCCCC. The highest BCUT2D eigenvalue weighted by Gasteiger charge is 2.14. The zero-order chi connectivity index (χ0) is 45.7. The van der Waals surface area contributed by atoms with Gasteiger partial charge in [-0.1, -0.05) is 221 Å². The van der Waals surface area contributed by atoms with Crippen LogP contribution in [-0.4, -0.2) is 51.3 Å². The molecular weight excluding hydrogens is 765 g/mol. The van der Waals surface area contributed by atoms with E-state index in [0.29, 0.717) is 37.9 Å². The Balaban J connectivity index is 0. The first-order chi connectivity index (χ1) is 30.5. The fourth-order valence-corrected chi connectivity index (χ4v) is 8.33. The number of hydrogen-bond donors (Lipinski definition) is 2. The van der Waals surface area contributed by atoms with Gasteiger partial charge in [-0.05, 0) is 102 Å². The third-order valence-electron chi connectivity index (χ3n) is 12.7. The Morgan fingerprint density at radius 3 is 0.823 bits per heavy atom. The van der Waals surface area contributed by atoms with Crippen LogP contribution >= 0.6 is 0 Å². The largest absolute Gasteiger partial charge is 0.465 e. The molecule has 6 nitrogen and oxygen atoms in total. The average molecular weight is 880 g/mol. The normalized spacial score (nSPS) is 12.2. The van der Waals surface area contributed by atoms with Crippen LogP contribution in [0.2, 0.25) is 0 Å². The molecule has 0 spiro atoms. The number of rotatable bonds is 50. The summed E-state index contributed by atoms with van der Waals surface area (Å²) in [7, 11) is 0. The van der Waals surface area contributed by atoms with Gasteiger partial charge in [-0.25, -0.2) is 0 Å². The molecule has 0 bridgehead atoms. The molecule has 372 valence electrons. The third-order valence-corrected chi connectivity index (χ3v) is 12.7. The predicted molar refractivity (Wildman–Crippen MR) is 273 cm³/mol. The van der Waals surface area contributed by atoms with E-state index in [0.717, 1.165) is 51.9 Å². The van der Waals surface area contributed by atoms with E-state index in [2.05, 4.69) is 52.2 Å². The van der Waals surface area contributed by atoms with Crippen LogP contribution in [0.25, 0.3) is 0 Å². The molecule has 0 rings (SSSR count). The lowest BCUT2D eigenvalue weighted by Gasteiger charge is -2.17. The second kappa shape index (κ2) is 56.0. The fraction of sp³-hybridized carbons (Fsp3) is 0.964. The summed E-state index contributed by atoms with van der Waals surface area (Å²) >= 11 is 0. The number of carbonyl (C=O) groups is 2. The van der Waals surface area contributed by atoms with Gasteiger partial charge in [0, 0.05) is 12.8 Å². The first kappa shape index (κ1) is 62.9. The Morgan fingerprint density at radius 1 is 0.306 bits per heavy atom. The highest BCUT2D eigenvalue weighted by molar-refractivity contribution is 5.69. The number of hydrogen-bond acceptors (Lipinski definition) is 6. The minimum absolute atomic E-state index is 0.0222. The highest BCUT2D eigenvalue weighted by atomic mass is 16.5. The van der Waals surface area contributed by atoms with Gasteiger partial charge in [-0.15, -0.1) is 0 Å². The summed E-state index contributed by atoms with van der Waals surface area (Å²) in [6.07, 6.45) is 49.7. The van der Waals surface area contributed by atoms with Crippen molar-refractivity contribution in [3.05, 3.63) is 0 Å². The van der Waals surface area contributed by atoms with E-state index in [1.54, 1.807) is 0 Å². The highest BCUT2D eigenvalue weighted by Crippen LogP contribution is 2.21. The van der Waals surface area contributed by atoms with E-state index in [1.165, 1.54) is 218 Å². The Morgan fingerprint density at radius 2 is 0.532 bits per heavy atom. The van der Waals surface area contributed by atoms with Gasteiger partial charge in [0.25, 0.3) is 0 Å². The Bertz CT molecular complexity index is 786. The van der Waals surface area contributed by atoms with Crippen LogP contribution in [-0.2, 0) is 19.1 Å². The molecule has 0 heterocycles. The summed E-state index contributed by atoms with van der Waals surface area (Å²) in [5, 5.41) is 7.04. The minimum atomic E-state index is 0.0222. The molecule has 0 aromatic heterocycles. The summed E-state index contributed by atoms with van der Waals surface area (Å²) in [5.41, 5.74) is 0. The quantitative estimate of drug-likeness (QED) is 0.0468. The monoisotopic (exact) mass is 879 g/mol. The van der Waals surface area contributed by atoms with E-state index < -0.39 is 0 Å². The second-order valence-corrected chi connectivity index (χ2v) is 19.2. The van der Waals surface area contributed by atoms with E-state index in [4.69, 9.17) is 9.47 Å². The van der Waals surface area contributed by atoms with Gasteiger partial charge in [0.2, 0.25) is 0 Å². The van der Waals surface area contributed by atoms with Crippen LogP contribution in [0.5, 0.6) is 0 Å². The standard InChI is InChI=1S/2C28H57NO2/c2*1-4-7-10-13-14-17-22-27(21-16-11-8-5-2)26-31-28(30)23-18-15-20-25-29-24-19-12-9-6-3/h2*27,29H,4-26H2,1-3H3. The summed E-state index contributed by atoms with van der Waals surface area (Å²) in [6.45, 7) is 19.3. The van der Waals surface area contributed by atoms with Crippen LogP contribution in [0.15, 0.2) is 0 Å². The molecular formula is C56H114N2O4. The van der Waals surface area contributed by atoms with Crippen LogP contribution in [0.3, 0.4) is 0 Å². The summed E-state index contributed by atoms with van der Waals surface area (Å²) in [5.74, 6) is 1.19. The van der Waals surface area contributed by atoms with Crippen LogP contribution in [0.4, 0.5) is 0 Å². The van der Waals surface area contributed by atoms with Crippen molar-refractivity contribution in [1.82, 2.24) is 10.6 Å². The van der Waals surface area contributed by atoms with E-state index in [-0.39, 0.29) is 11.9 Å². The van der Waals surface area contributed by atoms with Crippen molar-refractivity contribution in [2.75, 3.05) is 39.4 Å². The van der Waals surface area contributed by atoms with Gasteiger partial charge in [0.15, 0.2) is 0 Å². The van der Waals surface area contributed by atoms with Gasteiger partial charge >= 0.3 is 11.9 Å². The molecule has 0 amide bonds. The number of carbonyl (C=O) groups excluding carboxylic acids is 2. The number of esters is 2. The van der Waals surface area contributed by atoms with Crippen molar-refractivity contribution >= 4 is 11.9 Å². The smallest absolute Gasteiger partial charge is 0.305 e. The molecule has 0 fully saturated rings. The second-order valence-electron chi connectivity index (χ2n) is 19.2.